The molecule has 1 aromatic rings. The number of rotatable bonds is 6. The van der Waals surface area contributed by atoms with E-state index in [2.05, 4.69) is 6.58 Å². The summed E-state index contributed by atoms with van der Waals surface area (Å²) in [7, 11) is 0. The number of thiophene rings is 1. The topological polar surface area (TPSA) is 46.6 Å². The van der Waals surface area contributed by atoms with Crippen molar-refractivity contribution in [1.82, 2.24) is 4.90 Å². The summed E-state index contributed by atoms with van der Waals surface area (Å²) in [6.45, 7) is 9.80. The second kappa shape index (κ2) is 7.09. The van der Waals surface area contributed by atoms with Crippen LogP contribution in [0.5, 0.6) is 0 Å². The Kier molecular flexibility index (Phi) is 5.76. The molecule has 0 fully saturated rings. The van der Waals surface area contributed by atoms with Crippen LogP contribution in [-0.2, 0) is 9.53 Å². The molecule has 1 aromatic heterocycles. The van der Waals surface area contributed by atoms with Gasteiger partial charge in [-0.05, 0) is 26.8 Å². The van der Waals surface area contributed by atoms with Crippen LogP contribution in [0.4, 0.5) is 0 Å². The standard InChI is InChI=1S/C14H19NO3S/c1-5-7-15(9-13(16)18-6-2)14(17)12-8-10(3)19-11(12)4/h5,8H,1,6-7,9H2,2-4H3. The van der Waals surface area contributed by atoms with Crippen LogP contribution in [0.1, 0.15) is 27.0 Å². The Morgan fingerprint density at radius 2 is 2.16 bits per heavy atom. The molecule has 0 aliphatic rings. The van der Waals surface area contributed by atoms with Crippen molar-refractivity contribution in [3.05, 3.63) is 34.0 Å². The van der Waals surface area contributed by atoms with Gasteiger partial charge in [-0.2, -0.15) is 0 Å². The first kappa shape index (κ1) is 15.4. The minimum Gasteiger partial charge on any atom is -0.465 e. The summed E-state index contributed by atoms with van der Waals surface area (Å²) in [5.41, 5.74) is 0.647. The summed E-state index contributed by atoms with van der Waals surface area (Å²) >= 11 is 1.57. The van der Waals surface area contributed by atoms with E-state index in [1.165, 1.54) is 4.90 Å². The second-order valence-electron chi connectivity index (χ2n) is 4.11. The van der Waals surface area contributed by atoms with Gasteiger partial charge < -0.3 is 9.64 Å². The number of nitrogens with zero attached hydrogens (tertiary/aromatic N) is 1. The minimum absolute atomic E-state index is 0.0486. The molecule has 4 nitrogen and oxygen atoms in total. The fourth-order valence-electron chi connectivity index (χ4n) is 1.75. The third-order valence-corrected chi connectivity index (χ3v) is 3.50. The van der Waals surface area contributed by atoms with Crippen molar-refractivity contribution in [1.29, 1.82) is 0 Å². The molecular weight excluding hydrogens is 262 g/mol. The Labute approximate surface area is 117 Å². The zero-order valence-electron chi connectivity index (χ0n) is 11.6. The monoisotopic (exact) mass is 281 g/mol. The van der Waals surface area contributed by atoms with Crippen molar-refractivity contribution >= 4 is 23.2 Å². The molecule has 0 aromatic carbocycles. The van der Waals surface area contributed by atoms with E-state index < -0.39 is 5.97 Å². The summed E-state index contributed by atoms with van der Waals surface area (Å²) in [6, 6.07) is 1.85. The van der Waals surface area contributed by atoms with Gasteiger partial charge in [0.15, 0.2) is 0 Å². The van der Waals surface area contributed by atoms with Gasteiger partial charge in [0, 0.05) is 16.3 Å². The van der Waals surface area contributed by atoms with E-state index in [0.717, 1.165) is 9.75 Å². The van der Waals surface area contributed by atoms with Gasteiger partial charge in [0.2, 0.25) is 0 Å². The molecule has 104 valence electrons. The van der Waals surface area contributed by atoms with Gasteiger partial charge in [0.25, 0.3) is 5.91 Å². The highest BCUT2D eigenvalue weighted by atomic mass is 32.1. The lowest BCUT2D eigenvalue weighted by Gasteiger charge is -2.19. The van der Waals surface area contributed by atoms with Crippen LogP contribution in [0.15, 0.2) is 18.7 Å². The molecule has 1 heterocycles. The fourth-order valence-corrected chi connectivity index (χ4v) is 2.67. The molecule has 0 atom stereocenters. The Morgan fingerprint density at radius 3 is 2.63 bits per heavy atom. The third-order valence-electron chi connectivity index (χ3n) is 2.53. The second-order valence-corrected chi connectivity index (χ2v) is 5.57. The summed E-state index contributed by atoms with van der Waals surface area (Å²) in [5, 5.41) is 0. The molecule has 0 saturated carbocycles. The number of hydrogen-bond acceptors (Lipinski definition) is 4. The molecule has 0 spiro atoms. The fraction of sp³-hybridized carbons (Fsp3) is 0.429. The van der Waals surface area contributed by atoms with Crippen LogP contribution < -0.4 is 0 Å². The molecule has 1 amide bonds. The van der Waals surface area contributed by atoms with Gasteiger partial charge in [0.05, 0.1) is 12.2 Å². The predicted molar refractivity (Wildman–Crippen MR) is 76.5 cm³/mol. The average Bonchev–Trinajstić information content (AvgIpc) is 2.67. The molecule has 0 saturated heterocycles. The molecule has 0 aliphatic carbocycles. The van der Waals surface area contributed by atoms with Crippen molar-refractivity contribution in [2.75, 3.05) is 19.7 Å². The summed E-state index contributed by atoms with van der Waals surface area (Å²) in [5.74, 6) is -0.558. The van der Waals surface area contributed by atoms with Crippen molar-refractivity contribution in [2.45, 2.75) is 20.8 Å². The number of hydrogen-bond donors (Lipinski definition) is 0. The first-order chi connectivity index (χ1) is 8.99. The quantitative estimate of drug-likeness (QED) is 0.594. The number of aryl methyl sites for hydroxylation is 2. The van der Waals surface area contributed by atoms with E-state index in [-0.39, 0.29) is 12.5 Å². The molecule has 0 N–H and O–H groups in total. The Bertz CT molecular complexity index is 479. The van der Waals surface area contributed by atoms with Gasteiger partial charge in [0.1, 0.15) is 6.54 Å². The van der Waals surface area contributed by atoms with Crippen LogP contribution >= 0.6 is 11.3 Å². The van der Waals surface area contributed by atoms with E-state index in [4.69, 9.17) is 4.74 Å². The maximum Gasteiger partial charge on any atom is 0.325 e. The lowest BCUT2D eigenvalue weighted by Crippen LogP contribution is -2.36. The number of ether oxygens (including phenoxy) is 1. The minimum atomic E-state index is -0.401. The van der Waals surface area contributed by atoms with Crippen molar-refractivity contribution in [2.24, 2.45) is 0 Å². The van der Waals surface area contributed by atoms with E-state index in [0.29, 0.717) is 18.7 Å². The SMILES string of the molecule is C=CCN(CC(=O)OCC)C(=O)c1cc(C)sc1C. The maximum atomic E-state index is 12.4. The van der Waals surface area contributed by atoms with Gasteiger partial charge in [-0.3, -0.25) is 9.59 Å². The predicted octanol–water partition coefficient (Wildman–Crippen LogP) is 2.56. The number of carbonyl (C=O) groups excluding carboxylic acids is 2. The Hall–Kier alpha value is -1.62. The highest BCUT2D eigenvalue weighted by molar-refractivity contribution is 7.12. The number of amides is 1. The van der Waals surface area contributed by atoms with E-state index in [1.54, 1.807) is 24.3 Å². The molecule has 0 unspecified atom stereocenters. The smallest absolute Gasteiger partial charge is 0.325 e. The molecule has 1 rings (SSSR count). The highest BCUT2D eigenvalue weighted by Gasteiger charge is 2.21. The summed E-state index contributed by atoms with van der Waals surface area (Å²) in [6.07, 6.45) is 1.60. The molecule has 0 aliphatic heterocycles. The molecule has 5 heteroatoms. The highest BCUT2D eigenvalue weighted by Crippen LogP contribution is 2.22. The van der Waals surface area contributed by atoms with Crippen LogP contribution in [0, 0.1) is 13.8 Å². The summed E-state index contributed by atoms with van der Waals surface area (Å²) < 4.78 is 4.88. The molecule has 0 radical (unpaired) electrons. The third kappa shape index (κ3) is 4.21. The maximum absolute atomic E-state index is 12.4. The van der Waals surface area contributed by atoms with Gasteiger partial charge >= 0.3 is 5.97 Å². The average molecular weight is 281 g/mol. The molecule has 0 bridgehead atoms. The lowest BCUT2D eigenvalue weighted by molar-refractivity contribution is -0.143. The summed E-state index contributed by atoms with van der Waals surface area (Å²) in [4.78, 5) is 27.4. The first-order valence-corrected chi connectivity index (χ1v) is 6.94. The van der Waals surface area contributed by atoms with Gasteiger partial charge in [-0.15, -0.1) is 17.9 Å². The Morgan fingerprint density at radius 1 is 1.47 bits per heavy atom. The molecule has 19 heavy (non-hydrogen) atoms. The largest absolute Gasteiger partial charge is 0.465 e. The lowest BCUT2D eigenvalue weighted by atomic mass is 10.2. The first-order valence-electron chi connectivity index (χ1n) is 6.12. The van der Waals surface area contributed by atoms with Crippen molar-refractivity contribution in [3.63, 3.8) is 0 Å². The van der Waals surface area contributed by atoms with Crippen molar-refractivity contribution in [3.8, 4) is 0 Å². The van der Waals surface area contributed by atoms with Gasteiger partial charge in [-0.25, -0.2) is 0 Å². The number of esters is 1. The van der Waals surface area contributed by atoms with E-state index >= 15 is 0 Å². The zero-order valence-corrected chi connectivity index (χ0v) is 12.4. The number of carbonyl (C=O) groups is 2. The van der Waals surface area contributed by atoms with Gasteiger partial charge in [-0.1, -0.05) is 6.08 Å². The van der Waals surface area contributed by atoms with E-state index in [9.17, 15) is 9.59 Å². The van der Waals surface area contributed by atoms with Crippen molar-refractivity contribution < 1.29 is 14.3 Å². The van der Waals surface area contributed by atoms with E-state index in [1.807, 2.05) is 19.9 Å². The Balaban J connectivity index is 2.86. The van der Waals surface area contributed by atoms with Crippen LogP contribution in [0.25, 0.3) is 0 Å². The zero-order chi connectivity index (χ0) is 14.4. The molecular formula is C14H19NO3S. The van der Waals surface area contributed by atoms with Crippen LogP contribution in [0.3, 0.4) is 0 Å². The normalized spacial score (nSPS) is 10.1. The van der Waals surface area contributed by atoms with Crippen LogP contribution in [0.2, 0.25) is 0 Å². The van der Waals surface area contributed by atoms with Crippen LogP contribution in [-0.4, -0.2) is 36.5 Å².